The van der Waals surface area contributed by atoms with Gasteiger partial charge in [0.15, 0.2) is 0 Å². The number of aromatic nitrogens is 2. The molecule has 3 heteroatoms. The van der Waals surface area contributed by atoms with Gasteiger partial charge < -0.3 is 5.73 Å². The Bertz CT molecular complexity index is 520. The number of hydrogen-bond donors (Lipinski definition) is 1. The summed E-state index contributed by atoms with van der Waals surface area (Å²) in [6, 6.07) is 8.34. The molecule has 1 aromatic heterocycles. The minimum atomic E-state index is 0.620. The van der Waals surface area contributed by atoms with Gasteiger partial charge in [0.25, 0.3) is 0 Å². The summed E-state index contributed by atoms with van der Waals surface area (Å²) >= 11 is 0. The molecule has 1 aliphatic carbocycles. The maximum Gasteiger partial charge on any atom is 0.130 e. The molecular weight excluding hydrogens is 186 g/mol. The lowest BCUT2D eigenvalue weighted by Crippen LogP contribution is -2.09. The van der Waals surface area contributed by atoms with Crippen molar-refractivity contribution in [1.29, 1.82) is 0 Å². The van der Waals surface area contributed by atoms with Crippen molar-refractivity contribution in [3.63, 3.8) is 0 Å². The second kappa shape index (κ2) is 3.05. The summed E-state index contributed by atoms with van der Waals surface area (Å²) in [5.74, 6) is 0.620. The van der Waals surface area contributed by atoms with Gasteiger partial charge in [-0.3, -0.25) is 0 Å². The first-order valence-electron chi connectivity index (χ1n) is 5.04. The van der Waals surface area contributed by atoms with Crippen LogP contribution in [-0.2, 0) is 12.8 Å². The predicted molar refractivity (Wildman–Crippen MR) is 59.3 cm³/mol. The molecule has 0 radical (unpaired) electrons. The summed E-state index contributed by atoms with van der Waals surface area (Å²) in [4.78, 5) is 8.36. The van der Waals surface area contributed by atoms with E-state index in [4.69, 9.17) is 5.73 Å². The molecule has 0 atom stereocenters. The summed E-state index contributed by atoms with van der Waals surface area (Å²) in [5, 5.41) is 0. The third kappa shape index (κ3) is 1.20. The third-order valence-electron chi connectivity index (χ3n) is 2.90. The molecule has 0 amide bonds. The Morgan fingerprint density at radius 3 is 2.87 bits per heavy atom. The average molecular weight is 197 g/mol. The van der Waals surface area contributed by atoms with Crippen LogP contribution in [0.4, 0.5) is 5.82 Å². The number of nitrogens with zero attached hydrogens (tertiary/aromatic N) is 2. The smallest absolute Gasteiger partial charge is 0.130 e. The maximum atomic E-state index is 5.85. The predicted octanol–water partition coefficient (Wildman–Crippen LogP) is 1.82. The Labute approximate surface area is 88.0 Å². The van der Waals surface area contributed by atoms with Gasteiger partial charge in [0.1, 0.15) is 12.1 Å². The Kier molecular flexibility index (Phi) is 1.71. The van der Waals surface area contributed by atoms with Crippen LogP contribution >= 0.6 is 0 Å². The zero-order valence-corrected chi connectivity index (χ0v) is 8.27. The van der Waals surface area contributed by atoms with E-state index in [1.54, 1.807) is 0 Å². The van der Waals surface area contributed by atoms with Gasteiger partial charge in [0, 0.05) is 11.1 Å². The molecule has 0 spiro atoms. The zero-order valence-electron chi connectivity index (χ0n) is 8.27. The Morgan fingerprint density at radius 2 is 1.93 bits per heavy atom. The van der Waals surface area contributed by atoms with Crippen molar-refractivity contribution in [3.05, 3.63) is 41.7 Å². The van der Waals surface area contributed by atoms with Gasteiger partial charge in [0.05, 0.1) is 5.69 Å². The number of aryl methyl sites for hydroxylation is 1. The van der Waals surface area contributed by atoms with Crippen molar-refractivity contribution in [2.45, 2.75) is 12.8 Å². The highest BCUT2D eigenvalue weighted by atomic mass is 14.9. The minimum Gasteiger partial charge on any atom is -0.383 e. The molecule has 3 nitrogen and oxygen atoms in total. The molecular formula is C12H11N3. The van der Waals surface area contributed by atoms with E-state index in [9.17, 15) is 0 Å². The first kappa shape index (κ1) is 8.41. The Hall–Kier alpha value is -1.90. The molecule has 2 N–H and O–H groups in total. The fourth-order valence-corrected chi connectivity index (χ4v) is 2.13. The number of nitrogen functional groups attached to an aromatic ring is 1. The van der Waals surface area contributed by atoms with E-state index >= 15 is 0 Å². The third-order valence-corrected chi connectivity index (χ3v) is 2.90. The Balaban J connectivity index is 2.30. The second-order valence-corrected chi connectivity index (χ2v) is 3.74. The van der Waals surface area contributed by atoms with Crippen molar-refractivity contribution in [1.82, 2.24) is 9.97 Å². The first-order chi connectivity index (χ1) is 7.36. The molecule has 0 fully saturated rings. The lowest BCUT2D eigenvalue weighted by molar-refractivity contribution is 0.916. The quantitative estimate of drug-likeness (QED) is 0.701. The fourth-order valence-electron chi connectivity index (χ4n) is 2.13. The van der Waals surface area contributed by atoms with Crippen LogP contribution < -0.4 is 5.73 Å². The standard InChI is InChI=1S/C12H11N3/c13-12-10-6-5-8-3-1-2-4-9(8)11(10)14-7-15-12/h1-4,7H,5-6H2,(H2,13,14,15). The normalized spacial score (nSPS) is 13.1. The fraction of sp³-hybridized carbons (Fsp3) is 0.167. The monoisotopic (exact) mass is 197 g/mol. The van der Waals surface area contributed by atoms with Crippen LogP contribution in [0.3, 0.4) is 0 Å². The van der Waals surface area contributed by atoms with Gasteiger partial charge in [-0.2, -0.15) is 0 Å². The summed E-state index contributed by atoms with van der Waals surface area (Å²) in [5.41, 5.74) is 10.5. The van der Waals surface area contributed by atoms with Gasteiger partial charge in [-0.05, 0) is 18.4 Å². The molecule has 1 aliphatic rings. The van der Waals surface area contributed by atoms with Gasteiger partial charge in [0.2, 0.25) is 0 Å². The molecule has 1 heterocycles. The van der Waals surface area contributed by atoms with Gasteiger partial charge in [-0.1, -0.05) is 24.3 Å². The van der Waals surface area contributed by atoms with Crippen molar-refractivity contribution in [2.75, 3.05) is 5.73 Å². The number of anilines is 1. The van der Waals surface area contributed by atoms with Crippen LogP contribution in [0.15, 0.2) is 30.6 Å². The van der Waals surface area contributed by atoms with Crippen molar-refractivity contribution in [2.24, 2.45) is 0 Å². The lowest BCUT2D eigenvalue weighted by Gasteiger charge is -2.18. The van der Waals surface area contributed by atoms with Crippen molar-refractivity contribution in [3.8, 4) is 11.3 Å². The van der Waals surface area contributed by atoms with Crippen LogP contribution in [0.25, 0.3) is 11.3 Å². The van der Waals surface area contributed by atoms with E-state index < -0.39 is 0 Å². The average Bonchev–Trinajstić information content (AvgIpc) is 2.29. The van der Waals surface area contributed by atoms with E-state index in [2.05, 4.69) is 28.2 Å². The number of benzene rings is 1. The van der Waals surface area contributed by atoms with E-state index in [1.165, 1.54) is 17.5 Å². The van der Waals surface area contributed by atoms with Crippen LogP contribution in [0.5, 0.6) is 0 Å². The molecule has 1 aromatic carbocycles. The molecule has 0 unspecified atom stereocenters. The highest BCUT2D eigenvalue weighted by Gasteiger charge is 2.18. The SMILES string of the molecule is Nc1ncnc2c1CCc1ccccc1-2. The van der Waals surface area contributed by atoms with Crippen LogP contribution in [0.2, 0.25) is 0 Å². The van der Waals surface area contributed by atoms with Gasteiger partial charge in [-0.25, -0.2) is 9.97 Å². The largest absolute Gasteiger partial charge is 0.383 e. The number of rotatable bonds is 0. The van der Waals surface area contributed by atoms with Gasteiger partial charge in [-0.15, -0.1) is 0 Å². The lowest BCUT2D eigenvalue weighted by atomic mass is 9.89. The van der Waals surface area contributed by atoms with Crippen molar-refractivity contribution < 1.29 is 0 Å². The summed E-state index contributed by atoms with van der Waals surface area (Å²) < 4.78 is 0. The Morgan fingerprint density at radius 1 is 1.07 bits per heavy atom. The van der Waals surface area contributed by atoms with E-state index in [1.807, 2.05) is 6.07 Å². The number of nitrogens with two attached hydrogens (primary N) is 1. The number of fused-ring (bicyclic) bond motifs is 3. The molecule has 0 saturated carbocycles. The second-order valence-electron chi connectivity index (χ2n) is 3.74. The summed E-state index contributed by atoms with van der Waals surface area (Å²) in [6.07, 6.45) is 3.51. The summed E-state index contributed by atoms with van der Waals surface area (Å²) in [7, 11) is 0. The van der Waals surface area contributed by atoms with Crippen LogP contribution in [0, 0.1) is 0 Å². The molecule has 0 bridgehead atoms. The van der Waals surface area contributed by atoms with Crippen molar-refractivity contribution >= 4 is 5.82 Å². The van der Waals surface area contributed by atoms with E-state index in [-0.39, 0.29) is 0 Å². The first-order valence-corrected chi connectivity index (χ1v) is 5.04. The summed E-state index contributed by atoms with van der Waals surface area (Å²) in [6.45, 7) is 0. The van der Waals surface area contributed by atoms with Crippen LogP contribution in [0.1, 0.15) is 11.1 Å². The highest BCUT2D eigenvalue weighted by Crippen LogP contribution is 2.33. The molecule has 0 aliphatic heterocycles. The van der Waals surface area contributed by atoms with E-state index in [0.29, 0.717) is 5.82 Å². The zero-order chi connectivity index (χ0) is 10.3. The van der Waals surface area contributed by atoms with Gasteiger partial charge >= 0.3 is 0 Å². The van der Waals surface area contributed by atoms with Crippen LogP contribution in [-0.4, -0.2) is 9.97 Å². The molecule has 3 rings (SSSR count). The molecule has 2 aromatic rings. The highest BCUT2D eigenvalue weighted by molar-refractivity contribution is 5.72. The maximum absolute atomic E-state index is 5.85. The van der Waals surface area contributed by atoms with E-state index in [0.717, 1.165) is 24.1 Å². The molecule has 74 valence electrons. The topological polar surface area (TPSA) is 51.8 Å². The number of hydrogen-bond acceptors (Lipinski definition) is 3. The minimum absolute atomic E-state index is 0.620. The molecule has 0 saturated heterocycles. The molecule has 15 heavy (non-hydrogen) atoms.